The molecule has 0 fully saturated rings. The third-order valence-electron chi connectivity index (χ3n) is 3.31. The van der Waals surface area contributed by atoms with Crippen molar-refractivity contribution in [2.45, 2.75) is 0 Å². The minimum atomic E-state index is -0.501. The van der Waals surface area contributed by atoms with E-state index in [1.165, 1.54) is 21.8 Å². The second kappa shape index (κ2) is 5.08. The molecular weight excluding hydrogens is 365 g/mol. The van der Waals surface area contributed by atoms with Crippen LogP contribution in [0.15, 0.2) is 47.3 Å². The third kappa shape index (κ3) is 2.22. The van der Waals surface area contributed by atoms with E-state index in [1.54, 1.807) is 6.07 Å². The first-order valence-corrected chi connectivity index (χ1v) is 8.16. The number of rotatable bonds is 2. The van der Waals surface area contributed by atoms with E-state index in [1.807, 2.05) is 18.2 Å². The molecule has 2 heterocycles. The van der Waals surface area contributed by atoms with E-state index in [0.29, 0.717) is 16.4 Å². The second-order valence-corrected chi connectivity index (χ2v) is 6.80. The molecule has 0 unspecified atom stereocenters. The summed E-state index contributed by atoms with van der Waals surface area (Å²) in [5, 5.41) is 19.4. The van der Waals surface area contributed by atoms with Gasteiger partial charge in [0, 0.05) is 0 Å². The van der Waals surface area contributed by atoms with Gasteiger partial charge in [-0.1, -0.05) is 0 Å². The molecule has 2 aromatic heterocycles. The summed E-state index contributed by atoms with van der Waals surface area (Å²) in [4.78, 5) is 27.0. The molecule has 0 saturated heterocycles. The van der Waals surface area contributed by atoms with Crippen molar-refractivity contribution in [2.24, 2.45) is 0 Å². The second-order valence-electron chi connectivity index (χ2n) is 4.73. The van der Waals surface area contributed by atoms with Gasteiger partial charge in [-0.05, 0) is 0 Å². The van der Waals surface area contributed by atoms with E-state index in [9.17, 15) is 14.9 Å². The van der Waals surface area contributed by atoms with Gasteiger partial charge in [-0.25, -0.2) is 0 Å². The Morgan fingerprint density at radius 2 is 1.91 bits per heavy atom. The van der Waals surface area contributed by atoms with E-state index in [2.05, 4.69) is 15.2 Å². The first-order chi connectivity index (χ1) is 11.1. The topological polar surface area (TPSA) is 104 Å². The van der Waals surface area contributed by atoms with Crippen LogP contribution in [0.4, 0.5) is 5.69 Å². The van der Waals surface area contributed by atoms with Crippen LogP contribution in [-0.4, -0.2) is 38.4 Å². The fourth-order valence-corrected chi connectivity index (χ4v) is 4.17. The number of fused-ring (bicyclic) bond motifs is 2. The molecule has 112 valence electrons. The number of hydrogen-bond acceptors (Lipinski definition) is 6. The number of aromatic nitrogens is 4. The van der Waals surface area contributed by atoms with Crippen LogP contribution in [0.1, 0.15) is 0 Å². The average molecular weight is 372 g/mol. The monoisotopic (exact) mass is 373 g/mol. The molecule has 0 bridgehead atoms. The van der Waals surface area contributed by atoms with Crippen molar-refractivity contribution < 1.29 is 4.92 Å². The molecule has 8 nitrogen and oxygen atoms in total. The minimum absolute atomic E-state index is 0.0739. The first-order valence-electron chi connectivity index (χ1n) is 6.54. The summed E-state index contributed by atoms with van der Waals surface area (Å²) in [5.74, 6) is 0.215. The summed E-state index contributed by atoms with van der Waals surface area (Å²) in [5.41, 5.74) is 0.554. The average Bonchev–Trinajstić information content (AvgIpc) is 2.91. The summed E-state index contributed by atoms with van der Waals surface area (Å²) in [6.45, 7) is 0. The normalized spacial score (nSPS) is 11.1. The molecule has 0 N–H and O–H groups in total. The van der Waals surface area contributed by atoms with Gasteiger partial charge in [0.25, 0.3) is 0 Å². The molecule has 4 aromatic rings. The van der Waals surface area contributed by atoms with E-state index in [0.717, 1.165) is 4.26 Å². The van der Waals surface area contributed by atoms with Crippen LogP contribution >= 0.6 is 0 Å². The zero-order chi connectivity index (χ0) is 16.0. The van der Waals surface area contributed by atoms with Crippen LogP contribution in [0, 0.1) is 10.1 Å². The molecule has 0 saturated carbocycles. The fraction of sp³-hybridized carbons (Fsp3) is 0. The number of non-ortho nitro benzene ring substituents is 1. The van der Waals surface area contributed by atoms with Gasteiger partial charge in [0.15, 0.2) is 0 Å². The van der Waals surface area contributed by atoms with Crippen molar-refractivity contribution in [3.63, 3.8) is 0 Å². The van der Waals surface area contributed by atoms with Crippen molar-refractivity contribution in [3.8, 4) is 5.95 Å². The molecule has 0 spiro atoms. The number of nitro benzene ring substituents is 1. The number of nitrogens with zero attached hydrogens (tertiary/aromatic N) is 5. The first kappa shape index (κ1) is 13.7. The summed E-state index contributed by atoms with van der Waals surface area (Å²) in [7, 11) is 0. The fourth-order valence-electron chi connectivity index (χ4n) is 2.22. The predicted octanol–water partition coefficient (Wildman–Crippen LogP) is 1.29. The van der Waals surface area contributed by atoms with Crippen LogP contribution in [0.25, 0.3) is 26.6 Å². The standard InChI is InChI=1S/C14H7N5O3Se/c20-13-9-3-1-2-4-12(9)23-18(13)14-15-10-6-5-8(19(21)22)7-11(10)16-17-14/h1-7H. The summed E-state index contributed by atoms with van der Waals surface area (Å²) < 4.78 is 2.48. The quantitative estimate of drug-likeness (QED) is 0.298. The molecule has 0 aliphatic rings. The Morgan fingerprint density at radius 1 is 1.09 bits per heavy atom. The van der Waals surface area contributed by atoms with Crippen molar-refractivity contribution in [3.05, 3.63) is 62.9 Å². The molecule has 4 rings (SSSR count). The van der Waals surface area contributed by atoms with E-state index in [4.69, 9.17) is 0 Å². The van der Waals surface area contributed by atoms with Crippen LogP contribution in [0.2, 0.25) is 0 Å². The number of nitro groups is 1. The zero-order valence-electron chi connectivity index (χ0n) is 11.4. The Kier molecular flexibility index (Phi) is 3.03. The Balaban J connectivity index is 1.91. The Morgan fingerprint density at radius 3 is 2.70 bits per heavy atom. The summed E-state index contributed by atoms with van der Waals surface area (Å²) >= 11 is -0.246. The maximum atomic E-state index is 12.4. The van der Waals surface area contributed by atoms with Gasteiger partial charge in [-0.2, -0.15) is 0 Å². The van der Waals surface area contributed by atoms with Gasteiger partial charge in [-0.3, -0.25) is 0 Å². The summed E-state index contributed by atoms with van der Waals surface area (Å²) in [6.07, 6.45) is 0. The number of hydrogen-bond donors (Lipinski definition) is 0. The Bertz CT molecular complexity index is 1130. The molecule has 23 heavy (non-hydrogen) atoms. The van der Waals surface area contributed by atoms with Crippen LogP contribution in [-0.2, 0) is 0 Å². The molecule has 9 heteroatoms. The third-order valence-corrected chi connectivity index (χ3v) is 5.54. The zero-order valence-corrected chi connectivity index (χ0v) is 13.1. The molecule has 0 amide bonds. The van der Waals surface area contributed by atoms with Gasteiger partial charge < -0.3 is 0 Å². The van der Waals surface area contributed by atoms with Gasteiger partial charge >= 0.3 is 134 Å². The van der Waals surface area contributed by atoms with Crippen molar-refractivity contribution >= 4 is 41.1 Å². The van der Waals surface area contributed by atoms with Gasteiger partial charge in [-0.15, -0.1) is 0 Å². The molecule has 0 aliphatic heterocycles. The molecular formula is C14H7N5O3Se. The maximum absolute atomic E-state index is 12.4. The van der Waals surface area contributed by atoms with Gasteiger partial charge in [0.2, 0.25) is 0 Å². The van der Waals surface area contributed by atoms with Gasteiger partial charge in [0.05, 0.1) is 0 Å². The van der Waals surface area contributed by atoms with Crippen molar-refractivity contribution in [2.75, 3.05) is 0 Å². The van der Waals surface area contributed by atoms with E-state index >= 15 is 0 Å². The van der Waals surface area contributed by atoms with E-state index < -0.39 is 4.92 Å². The molecule has 0 radical (unpaired) electrons. The summed E-state index contributed by atoms with van der Waals surface area (Å²) in [6, 6.07) is 11.6. The molecule has 2 aromatic carbocycles. The van der Waals surface area contributed by atoms with Crippen LogP contribution < -0.4 is 5.56 Å². The Hall–Kier alpha value is -2.90. The van der Waals surface area contributed by atoms with Crippen LogP contribution in [0.3, 0.4) is 0 Å². The van der Waals surface area contributed by atoms with Gasteiger partial charge in [0.1, 0.15) is 0 Å². The Labute approximate surface area is 134 Å². The number of benzene rings is 2. The SMILES string of the molecule is O=c1c2ccccc2[se]n1-c1nnc2cc([N+](=O)[O-])ccc2n1. The molecule has 0 aliphatic carbocycles. The van der Waals surface area contributed by atoms with E-state index in [-0.39, 0.29) is 31.9 Å². The molecule has 0 atom stereocenters. The van der Waals surface area contributed by atoms with Crippen molar-refractivity contribution in [1.29, 1.82) is 0 Å². The van der Waals surface area contributed by atoms with Crippen molar-refractivity contribution in [1.82, 2.24) is 18.7 Å². The van der Waals surface area contributed by atoms with Crippen LogP contribution in [0.5, 0.6) is 0 Å². The predicted molar refractivity (Wildman–Crippen MR) is 84.0 cm³/mol.